The van der Waals surface area contributed by atoms with Crippen molar-refractivity contribution in [3.63, 3.8) is 0 Å². The van der Waals surface area contributed by atoms with Crippen LogP contribution >= 0.6 is 15.9 Å². The fourth-order valence-electron chi connectivity index (χ4n) is 2.62. The van der Waals surface area contributed by atoms with E-state index in [1.54, 1.807) is 19.5 Å². The van der Waals surface area contributed by atoms with Crippen molar-refractivity contribution in [3.05, 3.63) is 82.6 Å². The second-order valence-corrected chi connectivity index (χ2v) is 6.56. The van der Waals surface area contributed by atoms with Crippen LogP contribution < -0.4 is 10.1 Å². The number of rotatable bonds is 3. The summed E-state index contributed by atoms with van der Waals surface area (Å²) < 4.78 is 6.21. The van der Waals surface area contributed by atoms with E-state index in [0.717, 1.165) is 38.6 Å². The van der Waals surface area contributed by atoms with E-state index in [2.05, 4.69) is 26.2 Å². The third kappa shape index (κ3) is 3.36. The number of amidine groups is 2. The molecule has 0 unspecified atom stereocenters. The van der Waals surface area contributed by atoms with Gasteiger partial charge in [-0.25, -0.2) is 9.98 Å². The summed E-state index contributed by atoms with van der Waals surface area (Å²) in [5.74, 6) is 2.15. The highest BCUT2D eigenvalue weighted by Crippen LogP contribution is 2.32. The maximum atomic E-state index is 5.24. The van der Waals surface area contributed by atoms with E-state index in [1.165, 1.54) is 0 Å². The molecule has 1 aliphatic rings. The summed E-state index contributed by atoms with van der Waals surface area (Å²) in [5.41, 5.74) is 3.56. The summed E-state index contributed by atoms with van der Waals surface area (Å²) in [6.07, 6.45) is 3.49. The van der Waals surface area contributed by atoms with Gasteiger partial charge in [0.25, 0.3) is 0 Å². The van der Waals surface area contributed by atoms with Gasteiger partial charge in [-0.3, -0.25) is 4.98 Å². The zero-order valence-electron chi connectivity index (χ0n) is 14.0. The molecule has 1 aromatic heterocycles. The van der Waals surface area contributed by atoms with Crippen LogP contribution in [0.25, 0.3) is 0 Å². The first-order valence-corrected chi connectivity index (χ1v) is 8.81. The van der Waals surface area contributed by atoms with Crippen molar-refractivity contribution < 1.29 is 4.74 Å². The van der Waals surface area contributed by atoms with Crippen LogP contribution in [0.15, 0.2) is 81.4 Å². The zero-order chi connectivity index (χ0) is 17.9. The van der Waals surface area contributed by atoms with E-state index < -0.39 is 0 Å². The summed E-state index contributed by atoms with van der Waals surface area (Å²) >= 11 is 3.52. The van der Waals surface area contributed by atoms with Crippen LogP contribution in [0.3, 0.4) is 0 Å². The van der Waals surface area contributed by atoms with Crippen molar-refractivity contribution >= 4 is 39.0 Å². The van der Waals surface area contributed by atoms with Gasteiger partial charge < -0.3 is 10.1 Å². The maximum Gasteiger partial charge on any atom is 0.162 e. The summed E-state index contributed by atoms with van der Waals surface area (Å²) in [6.45, 7) is 0. The standard InChI is InChI=1S/C20H15BrN4O/c1-26-16-5-2-13(3-6-16)19-23-17-7-4-15(21)12-18(17)24-20(25-19)14-8-10-22-11-9-14/h2-12H,1H3,(H,23,24,25). The van der Waals surface area contributed by atoms with Gasteiger partial charge in [0.2, 0.25) is 0 Å². The van der Waals surface area contributed by atoms with Crippen LogP contribution in [-0.4, -0.2) is 23.8 Å². The van der Waals surface area contributed by atoms with Crippen LogP contribution in [0.5, 0.6) is 5.75 Å². The van der Waals surface area contributed by atoms with Gasteiger partial charge in [0, 0.05) is 28.0 Å². The quantitative estimate of drug-likeness (QED) is 0.679. The topological polar surface area (TPSA) is 58.9 Å². The van der Waals surface area contributed by atoms with Crippen molar-refractivity contribution in [3.8, 4) is 5.75 Å². The highest BCUT2D eigenvalue weighted by atomic mass is 79.9. The molecule has 0 fully saturated rings. The van der Waals surface area contributed by atoms with E-state index in [1.807, 2.05) is 54.6 Å². The summed E-state index contributed by atoms with van der Waals surface area (Å²) in [4.78, 5) is 13.6. The first-order valence-electron chi connectivity index (χ1n) is 8.02. The molecule has 128 valence electrons. The lowest BCUT2D eigenvalue weighted by atomic mass is 10.2. The van der Waals surface area contributed by atoms with Crippen LogP contribution in [0.4, 0.5) is 11.4 Å². The molecule has 0 bridgehead atoms. The molecule has 0 radical (unpaired) electrons. The normalized spacial score (nSPS) is 13.0. The lowest BCUT2D eigenvalue weighted by Gasteiger charge is -2.09. The Labute approximate surface area is 159 Å². The fourth-order valence-corrected chi connectivity index (χ4v) is 2.98. The van der Waals surface area contributed by atoms with Gasteiger partial charge >= 0.3 is 0 Å². The van der Waals surface area contributed by atoms with Gasteiger partial charge in [0.15, 0.2) is 5.84 Å². The average molecular weight is 407 g/mol. The Hall–Kier alpha value is -2.99. The number of ether oxygens (including phenoxy) is 1. The van der Waals surface area contributed by atoms with Crippen LogP contribution in [0.1, 0.15) is 11.1 Å². The Morgan fingerprint density at radius 1 is 0.885 bits per heavy atom. The van der Waals surface area contributed by atoms with Crippen molar-refractivity contribution in [1.82, 2.24) is 4.98 Å². The minimum absolute atomic E-state index is 0.632. The highest BCUT2D eigenvalue weighted by Gasteiger charge is 2.15. The number of hydrogen-bond donors (Lipinski definition) is 1. The predicted octanol–water partition coefficient (Wildman–Crippen LogP) is 4.80. The molecule has 4 rings (SSSR count). The number of methoxy groups -OCH3 is 1. The molecule has 2 heterocycles. The smallest absolute Gasteiger partial charge is 0.162 e. The third-order valence-corrected chi connectivity index (χ3v) is 4.45. The monoisotopic (exact) mass is 406 g/mol. The summed E-state index contributed by atoms with van der Waals surface area (Å²) in [5, 5.41) is 3.39. The predicted molar refractivity (Wildman–Crippen MR) is 108 cm³/mol. The number of nitrogens with zero attached hydrogens (tertiary/aromatic N) is 3. The minimum atomic E-state index is 0.632. The molecule has 1 N–H and O–H groups in total. The molecule has 3 aromatic rings. The number of benzene rings is 2. The Bertz CT molecular complexity index is 998. The summed E-state index contributed by atoms with van der Waals surface area (Å²) in [7, 11) is 1.65. The Balaban J connectivity index is 1.86. The fraction of sp³-hybridized carbons (Fsp3) is 0.0500. The van der Waals surface area contributed by atoms with E-state index in [9.17, 15) is 0 Å². The molecule has 6 heteroatoms. The highest BCUT2D eigenvalue weighted by molar-refractivity contribution is 9.10. The maximum absolute atomic E-state index is 5.24. The summed E-state index contributed by atoms with van der Waals surface area (Å²) in [6, 6.07) is 17.5. The third-order valence-electron chi connectivity index (χ3n) is 3.96. The molecule has 0 spiro atoms. The van der Waals surface area contributed by atoms with Gasteiger partial charge in [-0.2, -0.15) is 0 Å². The minimum Gasteiger partial charge on any atom is -0.497 e. The molecule has 26 heavy (non-hydrogen) atoms. The van der Waals surface area contributed by atoms with Crippen LogP contribution in [0.2, 0.25) is 0 Å². The lowest BCUT2D eigenvalue weighted by Crippen LogP contribution is -2.15. The lowest BCUT2D eigenvalue weighted by molar-refractivity contribution is 0.415. The number of aliphatic imine (C=N–C) groups is 2. The van der Waals surface area contributed by atoms with Gasteiger partial charge in [-0.15, -0.1) is 0 Å². The Morgan fingerprint density at radius 3 is 2.38 bits per heavy atom. The first-order chi connectivity index (χ1) is 12.7. The molecule has 5 nitrogen and oxygen atoms in total. The van der Waals surface area contributed by atoms with Gasteiger partial charge in [-0.05, 0) is 54.6 Å². The Morgan fingerprint density at radius 2 is 1.65 bits per heavy atom. The molecular weight excluding hydrogens is 392 g/mol. The zero-order valence-corrected chi connectivity index (χ0v) is 15.6. The van der Waals surface area contributed by atoms with Crippen LogP contribution in [-0.2, 0) is 0 Å². The van der Waals surface area contributed by atoms with Gasteiger partial charge in [0.1, 0.15) is 11.6 Å². The number of hydrogen-bond acceptors (Lipinski definition) is 5. The molecule has 0 aliphatic carbocycles. The molecule has 1 aliphatic heterocycles. The number of aromatic nitrogens is 1. The van der Waals surface area contributed by atoms with Gasteiger partial charge in [-0.1, -0.05) is 15.9 Å². The van der Waals surface area contributed by atoms with Crippen molar-refractivity contribution in [2.75, 3.05) is 12.4 Å². The van der Waals surface area contributed by atoms with Crippen molar-refractivity contribution in [2.45, 2.75) is 0 Å². The molecular formula is C20H15BrN4O. The second kappa shape index (κ2) is 7.09. The molecule has 0 saturated carbocycles. The molecule has 0 atom stereocenters. The van der Waals surface area contributed by atoms with Crippen LogP contribution in [0, 0.1) is 0 Å². The number of halogens is 1. The number of anilines is 1. The van der Waals surface area contributed by atoms with E-state index in [4.69, 9.17) is 14.7 Å². The number of nitrogens with one attached hydrogen (secondary N) is 1. The number of pyridine rings is 1. The van der Waals surface area contributed by atoms with Crippen molar-refractivity contribution in [2.24, 2.45) is 9.98 Å². The molecule has 0 saturated heterocycles. The van der Waals surface area contributed by atoms with E-state index in [-0.39, 0.29) is 0 Å². The first kappa shape index (κ1) is 16.5. The largest absolute Gasteiger partial charge is 0.497 e. The van der Waals surface area contributed by atoms with Crippen molar-refractivity contribution in [1.29, 1.82) is 0 Å². The Kier molecular flexibility index (Phi) is 4.50. The SMILES string of the molecule is COc1ccc(C2=Nc3ccc(Br)cc3NC(c3ccncc3)=N2)cc1. The molecule has 2 aromatic carbocycles. The van der Waals surface area contributed by atoms with Gasteiger partial charge in [0.05, 0.1) is 18.5 Å². The van der Waals surface area contributed by atoms with E-state index >= 15 is 0 Å². The number of fused-ring (bicyclic) bond motifs is 1. The molecule has 0 amide bonds. The average Bonchev–Trinajstić information content (AvgIpc) is 2.88. The second-order valence-electron chi connectivity index (χ2n) is 5.65. The van der Waals surface area contributed by atoms with E-state index in [0.29, 0.717) is 5.84 Å².